The Bertz CT molecular complexity index is 756. The van der Waals surface area contributed by atoms with Gasteiger partial charge in [0.05, 0.1) is 23.9 Å². The van der Waals surface area contributed by atoms with E-state index >= 15 is 0 Å². The van der Waals surface area contributed by atoms with E-state index in [9.17, 15) is 20.4 Å². The van der Waals surface area contributed by atoms with Gasteiger partial charge < -0.3 is 20.4 Å². The van der Waals surface area contributed by atoms with Crippen molar-refractivity contribution in [3.63, 3.8) is 0 Å². The van der Waals surface area contributed by atoms with Crippen LogP contribution in [0.2, 0.25) is 0 Å². The Morgan fingerprint density at radius 2 is 1.84 bits per heavy atom. The van der Waals surface area contributed by atoms with Crippen LogP contribution in [0.1, 0.15) is 92.4 Å². The highest BCUT2D eigenvalue weighted by molar-refractivity contribution is 5.38. The molecule has 3 fully saturated rings. The molecule has 0 aromatic carbocycles. The molecule has 3 aliphatic carbocycles. The number of aliphatic hydroxyl groups is 4. The van der Waals surface area contributed by atoms with E-state index in [1.165, 1.54) is 31.3 Å². The molecule has 0 aromatic rings. The highest BCUT2D eigenvalue weighted by Gasteiger charge is 2.53. The van der Waals surface area contributed by atoms with Crippen LogP contribution in [0.15, 0.2) is 35.5 Å². The third-order valence-electron chi connectivity index (χ3n) is 9.05. The molecule has 0 radical (unpaired) electrons. The van der Waals surface area contributed by atoms with E-state index in [1.807, 2.05) is 0 Å². The third kappa shape index (κ3) is 5.24. The minimum absolute atomic E-state index is 0.0997. The van der Waals surface area contributed by atoms with Gasteiger partial charge in [0.1, 0.15) is 0 Å². The number of fused-ring (bicyclic) bond motifs is 1. The molecule has 32 heavy (non-hydrogen) atoms. The van der Waals surface area contributed by atoms with Crippen LogP contribution in [0.25, 0.3) is 0 Å². The van der Waals surface area contributed by atoms with Gasteiger partial charge in [0.25, 0.3) is 0 Å². The Hall–Kier alpha value is -0.940. The lowest BCUT2D eigenvalue weighted by Gasteiger charge is -2.48. The van der Waals surface area contributed by atoms with Gasteiger partial charge in [0, 0.05) is 6.42 Å². The van der Waals surface area contributed by atoms with Crippen molar-refractivity contribution in [3.05, 3.63) is 35.5 Å². The smallest absolute Gasteiger partial charge is 0.0849 e. The predicted molar refractivity (Wildman–Crippen MR) is 130 cm³/mol. The van der Waals surface area contributed by atoms with Gasteiger partial charge in [-0.1, -0.05) is 45.1 Å². The normalized spacial score (nSPS) is 37.7. The van der Waals surface area contributed by atoms with Gasteiger partial charge in [-0.05, 0) is 99.0 Å². The van der Waals surface area contributed by atoms with E-state index in [2.05, 4.69) is 39.5 Å². The van der Waals surface area contributed by atoms with Crippen LogP contribution in [0.3, 0.4) is 0 Å². The van der Waals surface area contributed by atoms with E-state index in [0.717, 1.165) is 24.0 Å². The molecule has 1 unspecified atom stereocenters. The van der Waals surface area contributed by atoms with Crippen molar-refractivity contribution in [1.82, 2.24) is 0 Å². The molecular formula is C28H46O4. The van der Waals surface area contributed by atoms with Gasteiger partial charge in [0.2, 0.25) is 0 Å². The van der Waals surface area contributed by atoms with Crippen molar-refractivity contribution in [2.75, 3.05) is 0 Å². The first kappa shape index (κ1) is 25.7. The maximum absolute atomic E-state index is 10.4. The molecule has 0 amide bonds. The lowest BCUT2D eigenvalue weighted by molar-refractivity contribution is -0.0609. The molecule has 0 spiro atoms. The Kier molecular flexibility index (Phi) is 7.52. The lowest BCUT2D eigenvalue weighted by Crippen LogP contribution is -2.42. The standard InChI is InChI=1S/C28H46O4/c1-18-20(16-21(29)17-23(18)30)10-9-19-8-7-14-28(6)22(19)11-12-24(28)26(2,3)15-13-25(31)27(4,5)32/h9-10,21-25,29-32H,1,7-8,11-17H2,2-6H3/b19-9?,20-10-/t21-,22?,23-,24-,25+,28+/m1/s1. The first-order valence-corrected chi connectivity index (χ1v) is 12.6. The molecule has 182 valence electrons. The van der Waals surface area contributed by atoms with E-state index < -0.39 is 23.9 Å². The molecule has 0 aromatic heterocycles. The molecule has 0 aliphatic heterocycles. The predicted octanol–water partition coefficient (Wildman–Crippen LogP) is 5.07. The quantitative estimate of drug-likeness (QED) is 0.459. The summed E-state index contributed by atoms with van der Waals surface area (Å²) in [5.41, 5.74) is 2.52. The van der Waals surface area contributed by atoms with Crippen LogP contribution in [-0.4, -0.2) is 44.3 Å². The summed E-state index contributed by atoms with van der Waals surface area (Å²) in [6.45, 7) is 14.6. The number of hydrogen-bond donors (Lipinski definition) is 4. The molecule has 4 nitrogen and oxygen atoms in total. The number of allylic oxidation sites excluding steroid dienone is 3. The van der Waals surface area contributed by atoms with Crippen molar-refractivity contribution >= 4 is 0 Å². The molecule has 4 N–H and O–H groups in total. The van der Waals surface area contributed by atoms with Crippen LogP contribution >= 0.6 is 0 Å². The monoisotopic (exact) mass is 446 g/mol. The van der Waals surface area contributed by atoms with Crippen LogP contribution in [0.4, 0.5) is 0 Å². The molecule has 0 heterocycles. The van der Waals surface area contributed by atoms with Gasteiger partial charge in [-0.25, -0.2) is 0 Å². The zero-order chi connectivity index (χ0) is 23.9. The second-order valence-electron chi connectivity index (χ2n) is 12.3. The van der Waals surface area contributed by atoms with Crippen molar-refractivity contribution in [2.45, 2.75) is 116 Å². The van der Waals surface area contributed by atoms with E-state index in [4.69, 9.17) is 0 Å². The SMILES string of the molecule is C=C1/C(=C\C=C2CCC[C@@]3(C)C2CC[C@@H]3C(C)(C)CC[C@H](O)C(C)(C)O)C[C@@H](O)C[C@H]1O. The van der Waals surface area contributed by atoms with Crippen LogP contribution in [0, 0.1) is 22.7 Å². The minimum Gasteiger partial charge on any atom is -0.393 e. The topological polar surface area (TPSA) is 80.9 Å². The summed E-state index contributed by atoms with van der Waals surface area (Å²) >= 11 is 0. The molecular weight excluding hydrogens is 400 g/mol. The summed E-state index contributed by atoms with van der Waals surface area (Å²) in [4.78, 5) is 0. The third-order valence-corrected chi connectivity index (χ3v) is 9.05. The fourth-order valence-electron chi connectivity index (χ4n) is 7.02. The maximum Gasteiger partial charge on any atom is 0.0849 e. The Morgan fingerprint density at radius 1 is 1.16 bits per heavy atom. The van der Waals surface area contributed by atoms with Crippen molar-refractivity contribution in [1.29, 1.82) is 0 Å². The first-order chi connectivity index (χ1) is 14.8. The van der Waals surface area contributed by atoms with Crippen LogP contribution in [-0.2, 0) is 0 Å². The molecule has 6 atom stereocenters. The van der Waals surface area contributed by atoms with Crippen LogP contribution < -0.4 is 0 Å². The zero-order valence-corrected chi connectivity index (χ0v) is 20.9. The molecule has 0 saturated heterocycles. The van der Waals surface area contributed by atoms with Crippen molar-refractivity contribution < 1.29 is 20.4 Å². The largest absolute Gasteiger partial charge is 0.393 e. The number of aliphatic hydroxyl groups excluding tert-OH is 3. The van der Waals surface area contributed by atoms with Gasteiger partial charge in [-0.2, -0.15) is 0 Å². The molecule has 0 bridgehead atoms. The zero-order valence-electron chi connectivity index (χ0n) is 20.9. The molecule has 3 saturated carbocycles. The summed E-state index contributed by atoms with van der Waals surface area (Å²) < 4.78 is 0. The summed E-state index contributed by atoms with van der Waals surface area (Å²) in [6, 6.07) is 0. The van der Waals surface area contributed by atoms with Crippen molar-refractivity contribution in [3.8, 4) is 0 Å². The average Bonchev–Trinajstić information content (AvgIpc) is 3.05. The second kappa shape index (κ2) is 9.37. The highest BCUT2D eigenvalue weighted by atomic mass is 16.3. The Labute approximate surface area is 195 Å². The Balaban J connectivity index is 1.76. The summed E-state index contributed by atoms with van der Waals surface area (Å²) in [6.07, 6.45) is 10.9. The van der Waals surface area contributed by atoms with Gasteiger partial charge in [0.15, 0.2) is 0 Å². The number of rotatable bonds is 6. The summed E-state index contributed by atoms with van der Waals surface area (Å²) in [5, 5.41) is 40.7. The van der Waals surface area contributed by atoms with Gasteiger partial charge in [-0.15, -0.1) is 0 Å². The Morgan fingerprint density at radius 3 is 2.50 bits per heavy atom. The summed E-state index contributed by atoms with van der Waals surface area (Å²) in [7, 11) is 0. The average molecular weight is 447 g/mol. The molecule has 4 heteroatoms. The molecule has 3 aliphatic rings. The lowest BCUT2D eigenvalue weighted by atomic mass is 9.56. The van der Waals surface area contributed by atoms with E-state index in [1.54, 1.807) is 13.8 Å². The van der Waals surface area contributed by atoms with Gasteiger partial charge in [-0.3, -0.25) is 0 Å². The molecule has 3 rings (SSSR count). The van der Waals surface area contributed by atoms with Crippen molar-refractivity contribution in [2.24, 2.45) is 22.7 Å². The van der Waals surface area contributed by atoms with E-state index in [0.29, 0.717) is 31.1 Å². The number of hydrogen-bond acceptors (Lipinski definition) is 4. The first-order valence-electron chi connectivity index (χ1n) is 12.6. The fraction of sp³-hybridized carbons (Fsp3) is 0.786. The second-order valence-corrected chi connectivity index (χ2v) is 12.3. The fourth-order valence-corrected chi connectivity index (χ4v) is 7.02. The van der Waals surface area contributed by atoms with Gasteiger partial charge >= 0.3 is 0 Å². The minimum atomic E-state index is -1.06. The van der Waals surface area contributed by atoms with E-state index in [-0.39, 0.29) is 10.8 Å². The maximum atomic E-state index is 10.4. The summed E-state index contributed by atoms with van der Waals surface area (Å²) in [5.74, 6) is 1.14. The van der Waals surface area contributed by atoms with Crippen LogP contribution in [0.5, 0.6) is 0 Å². The highest BCUT2D eigenvalue weighted by Crippen LogP contribution is 2.62.